The van der Waals surface area contributed by atoms with E-state index in [0.29, 0.717) is 12.8 Å². The van der Waals surface area contributed by atoms with Crippen molar-refractivity contribution in [3.63, 3.8) is 0 Å². The minimum absolute atomic E-state index is 0.165. The van der Waals surface area contributed by atoms with Crippen molar-refractivity contribution in [1.82, 2.24) is 0 Å². The number of esters is 2. The molecule has 2 aliphatic rings. The lowest BCUT2D eigenvalue weighted by Gasteiger charge is -2.42. The summed E-state index contributed by atoms with van der Waals surface area (Å²) >= 11 is 0. The van der Waals surface area contributed by atoms with Crippen molar-refractivity contribution in [2.24, 2.45) is 0 Å². The van der Waals surface area contributed by atoms with Gasteiger partial charge in [-0.2, -0.15) is 0 Å². The quantitative estimate of drug-likeness (QED) is 0.0172. The maximum Gasteiger partial charge on any atom is 0.306 e. The van der Waals surface area contributed by atoms with Crippen molar-refractivity contribution in [1.29, 1.82) is 0 Å². The summed E-state index contributed by atoms with van der Waals surface area (Å²) in [6.45, 7) is 2.63. The predicted octanol–water partition coefficient (Wildman–Crippen LogP) is 8.94. The predicted molar refractivity (Wildman–Crippen MR) is 271 cm³/mol. The monoisotopic (exact) mass is 1000 g/mol. The molecule has 0 radical (unpaired) electrons. The van der Waals surface area contributed by atoms with Gasteiger partial charge in [0, 0.05) is 12.8 Å². The molecule has 7 N–H and O–H groups in total. The van der Waals surface area contributed by atoms with Gasteiger partial charge in [0.1, 0.15) is 55.4 Å². The van der Waals surface area contributed by atoms with E-state index in [2.05, 4.69) is 26.0 Å². The molecule has 11 atom stereocenters. The first-order valence-electron chi connectivity index (χ1n) is 28.3. The summed E-state index contributed by atoms with van der Waals surface area (Å²) in [5.74, 6) is -0.916. The van der Waals surface area contributed by atoms with Crippen LogP contribution in [0.25, 0.3) is 0 Å². The zero-order chi connectivity index (χ0) is 51.0. The number of carbonyl (C=O) groups excluding carboxylic acids is 2. The molecule has 412 valence electrons. The Morgan fingerprint density at radius 2 is 0.814 bits per heavy atom. The number of allylic oxidation sites excluding steroid dienone is 2. The third-order valence-corrected chi connectivity index (χ3v) is 13.7. The van der Waals surface area contributed by atoms with Crippen molar-refractivity contribution < 1.29 is 73.8 Å². The van der Waals surface area contributed by atoms with Gasteiger partial charge in [0.15, 0.2) is 18.7 Å². The highest BCUT2D eigenvalue weighted by Gasteiger charge is 2.47. The van der Waals surface area contributed by atoms with E-state index in [1.54, 1.807) is 0 Å². The third kappa shape index (κ3) is 29.8. The van der Waals surface area contributed by atoms with Crippen molar-refractivity contribution in [2.75, 3.05) is 26.4 Å². The zero-order valence-corrected chi connectivity index (χ0v) is 43.8. The molecule has 0 aromatic carbocycles. The molecule has 15 nitrogen and oxygen atoms in total. The van der Waals surface area contributed by atoms with Crippen LogP contribution in [0.4, 0.5) is 0 Å². The van der Waals surface area contributed by atoms with Gasteiger partial charge in [0.25, 0.3) is 0 Å². The molecule has 2 rings (SSSR count). The molecule has 0 aromatic rings. The number of rotatable bonds is 45. The molecule has 15 heteroatoms. The van der Waals surface area contributed by atoms with Gasteiger partial charge in [-0.05, 0) is 38.5 Å². The molecule has 2 saturated heterocycles. The Labute approximate surface area is 422 Å². The largest absolute Gasteiger partial charge is 0.462 e. The summed E-state index contributed by atoms with van der Waals surface area (Å²) in [4.78, 5) is 25.8. The van der Waals surface area contributed by atoms with E-state index in [1.165, 1.54) is 141 Å². The second kappa shape index (κ2) is 42.6. The van der Waals surface area contributed by atoms with Crippen molar-refractivity contribution in [2.45, 2.75) is 300 Å². The number of aliphatic hydroxyl groups excluding tert-OH is 7. The first kappa shape index (κ1) is 64.4. The Morgan fingerprint density at radius 3 is 1.26 bits per heavy atom. The Morgan fingerprint density at radius 1 is 0.443 bits per heavy atom. The van der Waals surface area contributed by atoms with Gasteiger partial charge in [-0.15, -0.1) is 0 Å². The minimum Gasteiger partial charge on any atom is -0.462 e. The SMILES string of the molecule is CCCCCCCC/C=C/CCCCCCCCCC(=O)O[C@@H](COC(=O)CCCCCCCCCCCCCCCCCCC)CO[C@@H]1O[C@H](CO[C@@H]2O[C@H](CO)[C@H](O)C(O)C2O)[C@H](O)C(O)C1O. The van der Waals surface area contributed by atoms with Crippen LogP contribution in [0.15, 0.2) is 12.2 Å². The lowest BCUT2D eigenvalue weighted by atomic mass is 9.98. The van der Waals surface area contributed by atoms with E-state index in [1.807, 2.05) is 0 Å². The summed E-state index contributed by atoms with van der Waals surface area (Å²) in [5.41, 5.74) is 0. The molecular weight excluding hydrogens is 901 g/mol. The molecule has 2 fully saturated rings. The van der Waals surface area contributed by atoms with Crippen LogP contribution in [0.1, 0.15) is 232 Å². The molecule has 0 bridgehead atoms. The number of aliphatic hydroxyl groups is 7. The van der Waals surface area contributed by atoms with Crippen molar-refractivity contribution in [3.05, 3.63) is 12.2 Å². The highest BCUT2D eigenvalue weighted by Crippen LogP contribution is 2.27. The molecule has 0 spiro atoms. The van der Waals surface area contributed by atoms with E-state index in [-0.39, 0.29) is 26.1 Å². The van der Waals surface area contributed by atoms with Gasteiger partial charge in [-0.3, -0.25) is 9.59 Å². The summed E-state index contributed by atoms with van der Waals surface area (Å²) in [5, 5.41) is 72.2. The van der Waals surface area contributed by atoms with E-state index in [0.717, 1.165) is 51.4 Å². The maximum atomic E-state index is 13.0. The Hall–Kier alpha value is -1.76. The number of carbonyl (C=O) groups is 2. The van der Waals surface area contributed by atoms with Crippen LogP contribution in [0.5, 0.6) is 0 Å². The molecule has 0 aromatic heterocycles. The third-order valence-electron chi connectivity index (χ3n) is 13.7. The zero-order valence-electron chi connectivity index (χ0n) is 43.8. The maximum absolute atomic E-state index is 13.0. The van der Waals surface area contributed by atoms with Gasteiger partial charge in [-0.25, -0.2) is 0 Å². The summed E-state index contributed by atoms with van der Waals surface area (Å²) in [6, 6.07) is 0. The van der Waals surface area contributed by atoms with E-state index < -0.39 is 92.7 Å². The average molecular weight is 1000 g/mol. The molecule has 70 heavy (non-hydrogen) atoms. The topological polar surface area (TPSA) is 231 Å². The lowest BCUT2D eigenvalue weighted by molar-refractivity contribution is -0.332. The molecule has 0 saturated carbocycles. The van der Waals surface area contributed by atoms with Crippen LogP contribution in [0.3, 0.4) is 0 Å². The van der Waals surface area contributed by atoms with Crippen molar-refractivity contribution in [3.8, 4) is 0 Å². The fraction of sp³-hybridized carbons (Fsp3) is 0.927. The Bertz CT molecular complexity index is 1270. The number of ether oxygens (including phenoxy) is 6. The average Bonchev–Trinajstić information content (AvgIpc) is 3.35. The van der Waals surface area contributed by atoms with E-state index in [9.17, 15) is 45.3 Å². The van der Waals surface area contributed by atoms with Gasteiger partial charge in [0.05, 0.1) is 19.8 Å². The first-order valence-corrected chi connectivity index (χ1v) is 28.3. The summed E-state index contributed by atoms with van der Waals surface area (Å²) in [7, 11) is 0. The fourth-order valence-electron chi connectivity index (χ4n) is 9.10. The molecule has 0 aliphatic carbocycles. The van der Waals surface area contributed by atoms with Crippen LogP contribution >= 0.6 is 0 Å². The van der Waals surface area contributed by atoms with Crippen LogP contribution in [-0.2, 0) is 38.0 Å². The van der Waals surface area contributed by atoms with Gasteiger partial charge in [0.2, 0.25) is 0 Å². The highest BCUT2D eigenvalue weighted by molar-refractivity contribution is 5.70. The smallest absolute Gasteiger partial charge is 0.306 e. The lowest BCUT2D eigenvalue weighted by Crippen LogP contribution is -2.61. The fourth-order valence-corrected chi connectivity index (χ4v) is 9.10. The Kier molecular flexibility index (Phi) is 39.1. The van der Waals surface area contributed by atoms with Gasteiger partial charge < -0.3 is 64.2 Å². The van der Waals surface area contributed by atoms with Gasteiger partial charge >= 0.3 is 11.9 Å². The van der Waals surface area contributed by atoms with Crippen LogP contribution in [-0.4, -0.2) is 142 Å². The summed E-state index contributed by atoms with van der Waals surface area (Å²) in [6.07, 6.45) is 26.6. The number of hydrogen-bond acceptors (Lipinski definition) is 15. The van der Waals surface area contributed by atoms with Crippen LogP contribution in [0.2, 0.25) is 0 Å². The molecule has 4 unspecified atom stereocenters. The highest BCUT2D eigenvalue weighted by atomic mass is 16.7. The normalized spacial score (nSPS) is 25.4. The van der Waals surface area contributed by atoms with Crippen molar-refractivity contribution >= 4 is 11.9 Å². The first-order chi connectivity index (χ1) is 34.0. The molecule has 0 amide bonds. The number of unbranched alkanes of at least 4 members (excludes halogenated alkanes) is 29. The Balaban J connectivity index is 1.77. The summed E-state index contributed by atoms with van der Waals surface area (Å²) < 4.78 is 33.7. The standard InChI is InChI=1S/C55H102O15/c1-3-5-7-9-11-13-15-17-19-21-23-25-27-29-31-33-35-37-46(57)65-40-43(68-47(58)38-36-34-32-30-28-26-24-22-20-18-16-14-12-10-8-6-4-2)41-66-54-53(64)51(62)49(60)45(70-54)42-67-55-52(63)50(61)48(59)44(39-56)69-55/h18,20,43-45,48-56,59-64H,3-17,19,21-42H2,1-2H3/b20-18+/t43-,44+,45+,48-,49-,50?,51?,52?,53?,54+,55+/m0/s1. The number of hydrogen-bond donors (Lipinski definition) is 7. The van der Waals surface area contributed by atoms with Crippen LogP contribution in [0, 0.1) is 0 Å². The van der Waals surface area contributed by atoms with E-state index in [4.69, 9.17) is 28.4 Å². The van der Waals surface area contributed by atoms with E-state index >= 15 is 0 Å². The second-order valence-corrected chi connectivity index (χ2v) is 20.1. The molecule has 2 heterocycles. The minimum atomic E-state index is -1.76. The van der Waals surface area contributed by atoms with Gasteiger partial charge in [-0.1, -0.05) is 193 Å². The molecular formula is C55H102O15. The second-order valence-electron chi connectivity index (χ2n) is 20.1. The van der Waals surface area contributed by atoms with Crippen LogP contribution < -0.4 is 0 Å². The molecule has 2 aliphatic heterocycles.